The quantitative estimate of drug-likeness (QED) is 0.705. The first-order valence-corrected chi connectivity index (χ1v) is 9.07. The minimum absolute atomic E-state index is 0.0848. The molecule has 0 unspecified atom stereocenters. The smallest absolute Gasteiger partial charge is 0.255 e. The Balaban J connectivity index is 2.23. The van der Waals surface area contributed by atoms with Crippen LogP contribution in [-0.2, 0) is 14.8 Å². The van der Waals surface area contributed by atoms with Gasteiger partial charge in [-0.05, 0) is 55.8 Å². The van der Waals surface area contributed by atoms with E-state index in [1.165, 1.54) is 49.4 Å². The van der Waals surface area contributed by atoms with Crippen molar-refractivity contribution in [3.05, 3.63) is 59.4 Å². The van der Waals surface area contributed by atoms with E-state index >= 15 is 0 Å². The number of hydrogen-bond acceptors (Lipinski definition) is 4. The molecule has 26 heavy (non-hydrogen) atoms. The summed E-state index contributed by atoms with van der Waals surface area (Å²) in [6, 6.07) is 8.27. The third kappa shape index (κ3) is 4.64. The fraction of sp³-hybridized carbons (Fsp3) is 0.176. The van der Waals surface area contributed by atoms with Crippen LogP contribution in [0.5, 0.6) is 0 Å². The Hall–Kier alpha value is -2.78. The van der Waals surface area contributed by atoms with Gasteiger partial charge in [0, 0.05) is 11.3 Å². The molecule has 2 amide bonds. The first kappa shape index (κ1) is 19.5. The second-order valence-corrected chi connectivity index (χ2v) is 7.41. The zero-order valence-corrected chi connectivity index (χ0v) is 14.9. The number of rotatable bonds is 6. The van der Waals surface area contributed by atoms with Gasteiger partial charge in [0.15, 0.2) is 0 Å². The minimum Gasteiger partial charge on any atom is -0.368 e. The number of aryl methyl sites for hydroxylation is 1. The van der Waals surface area contributed by atoms with Gasteiger partial charge in [-0.25, -0.2) is 12.8 Å². The highest BCUT2D eigenvalue weighted by Crippen LogP contribution is 2.17. The minimum atomic E-state index is -4.03. The lowest BCUT2D eigenvalue weighted by atomic mass is 10.2. The maximum atomic E-state index is 13.3. The van der Waals surface area contributed by atoms with Gasteiger partial charge in [-0.3, -0.25) is 9.59 Å². The Morgan fingerprint density at radius 3 is 2.46 bits per heavy atom. The molecular weight excluding hydrogens is 361 g/mol. The summed E-state index contributed by atoms with van der Waals surface area (Å²) in [7, 11) is -4.03. The molecule has 0 aromatic heterocycles. The number of amides is 2. The molecule has 0 saturated carbocycles. The number of carbonyl (C=O) groups excluding carboxylic acids is 2. The maximum absolute atomic E-state index is 13.3. The van der Waals surface area contributed by atoms with E-state index in [1.54, 1.807) is 6.92 Å². The SMILES string of the molecule is Cc1cc(NC(=O)c2cccc(S(=O)(=O)N[C@H](C)C(N)=O)c2)ccc1F. The lowest BCUT2D eigenvalue weighted by Crippen LogP contribution is -2.42. The number of nitrogens with two attached hydrogens (primary N) is 1. The van der Waals surface area contributed by atoms with Gasteiger partial charge in [0.25, 0.3) is 5.91 Å². The van der Waals surface area contributed by atoms with E-state index in [2.05, 4.69) is 10.0 Å². The van der Waals surface area contributed by atoms with Gasteiger partial charge in [-0.2, -0.15) is 4.72 Å². The molecule has 0 fully saturated rings. The van der Waals surface area contributed by atoms with E-state index in [0.717, 1.165) is 0 Å². The average Bonchev–Trinajstić information content (AvgIpc) is 2.58. The molecule has 0 radical (unpaired) electrons. The predicted octanol–water partition coefficient (Wildman–Crippen LogP) is 1.54. The summed E-state index contributed by atoms with van der Waals surface area (Å²) in [4.78, 5) is 23.2. The summed E-state index contributed by atoms with van der Waals surface area (Å²) in [5, 5.41) is 2.57. The van der Waals surface area contributed by atoms with Crippen LogP contribution in [-0.4, -0.2) is 26.3 Å². The van der Waals surface area contributed by atoms with Crippen molar-refractivity contribution in [3.63, 3.8) is 0 Å². The Morgan fingerprint density at radius 2 is 1.85 bits per heavy atom. The first-order valence-electron chi connectivity index (χ1n) is 7.59. The van der Waals surface area contributed by atoms with Crippen molar-refractivity contribution in [1.82, 2.24) is 4.72 Å². The molecule has 0 aliphatic heterocycles. The summed E-state index contributed by atoms with van der Waals surface area (Å²) in [5.74, 6) is -1.78. The third-order valence-electron chi connectivity index (χ3n) is 3.58. The summed E-state index contributed by atoms with van der Waals surface area (Å²) in [6.45, 7) is 2.87. The van der Waals surface area contributed by atoms with E-state index in [-0.39, 0.29) is 10.5 Å². The highest BCUT2D eigenvalue weighted by atomic mass is 32.2. The summed E-state index contributed by atoms with van der Waals surface area (Å²) in [5.41, 5.74) is 5.88. The van der Waals surface area contributed by atoms with Crippen molar-refractivity contribution in [2.24, 2.45) is 5.73 Å². The molecule has 0 aliphatic carbocycles. The van der Waals surface area contributed by atoms with E-state index < -0.39 is 33.7 Å². The van der Waals surface area contributed by atoms with Gasteiger partial charge < -0.3 is 11.1 Å². The van der Waals surface area contributed by atoms with Crippen LogP contribution in [0.2, 0.25) is 0 Å². The molecule has 0 aliphatic rings. The number of benzene rings is 2. The van der Waals surface area contributed by atoms with E-state index in [4.69, 9.17) is 5.73 Å². The molecule has 7 nitrogen and oxygen atoms in total. The van der Waals surface area contributed by atoms with Gasteiger partial charge in [0.05, 0.1) is 10.9 Å². The molecule has 0 spiro atoms. The van der Waals surface area contributed by atoms with Crippen molar-refractivity contribution in [1.29, 1.82) is 0 Å². The highest BCUT2D eigenvalue weighted by molar-refractivity contribution is 7.89. The van der Waals surface area contributed by atoms with Crippen molar-refractivity contribution in [2.75, 3.05) is 5.32 Å². The molecule has 1 atom stereocenters. The largest absolute Gasteiger partial charge is 0.368 e. The molecule has 2 aromatic carbocycles. The first-order chi connectivity index (χ1) is 12.1. The molecule has 4 N–H and O–H groups in total. The van der Waals surface area contributed by atoms with Crippen LogP contribution in [0.15, 0.2) is 47.4 Å². The number of nitrogens with one attached hydrogen (secondary N) is 2. The van der Waals surface area contributed by atoms with Crippen LogP contribution < -0.4 is 15.8 Å². The van der Waals surface area contributed by atoms with Gasteiger partial charge in [-0.1, -0.05) is 6.07 Å². The highest BCUT2D eigenvalue weighted by Gasteiger charge is 2.21. The summed E-state index contributed by atoms with van der Waals surface area (Å²) >= 11 is 0. The Labute approximate surface area is 150 Å². The summed E-state index contributed by atoms with van der Waals surface area (Å²) in [6.07, 6.45) is 0. The molecular formula is C17H18FN3O4S. The standard InChI is InChI=1S/C17H18FN3O4S/c1-10-8-13(6-7-15(10)18)20-17(23)12-4-3-5-14(9-12)26(24,25)21-11(2)16(19)22/h3-9,11,21H,1-2H3,(H2,19,22)(H,20,23)/t11-/m1/s1. The Bertz CT molecular complexity index is 960. The molecule has 0 bridgehead atoms. The summed E-state index contributed by atoms with van der Waals surface area (Å²) < 4.78 is 40.0. The van der Waals surface area contributed by atoms with Crippen LogP contribution in [0.4, 0.5) is 10.1 Å². The monoisotopic (exact) mass is 379 g/mol. The van der Waals surface area contributed by atoms with E-state index in [0.29, 0.717) is 11.3 Å². The molecule has 138 valence electrons. The van der Waals surface area contributed by atoms with Crippen molar-refractivity contribution in [3.8, 4) is 0 Å². The molecule has 0 heterocycles. The zero-order chi connectivity index (χ0) is 19.5. The van der Waals surface area contributed by atoms with E-state index in [9.17, 15) is 22.4 Å². The van der Waals surface area contributed by atoms with Gasteiger partial charge >= 0.3 is 0 Å². The second kappa shape index (κ2) is 7.63. The van der Waals surface area contributed by atoms with Crippen molar-refractivity contribution >= 4 is 27.5 Å². The molecule has 9 heteroatoms. The van der Waals surface area contributed by atoms with Crippen molar-refractivity contribution in [2.45, 2.75) is 24.8 Å². The fourth-order valence-corrected chi connectivity index (χ4v) is 3.35. The van der Waals surface area contributed by atoms with Gasteiger partial charge in [0.1, 0.15) is 5.82 Å². The topological polar surface area (TPSA) is 118 Å². The molecule has 0 saturated heterocycles. The van der Waals surface area contributed by atoms with Crippen LogP contribution >= 0.6 is 0 Å². The van der Waals surface area contributed by atoms with E-state index in [1.807, 2.05) is 0 Å². The fourth-order valence-electron chi connectivity index (χ4n) is 2.09. The zero-order valence-electron chi connectivity index (χ0n) is 14.1. The third-order valence-corrected chi connectivity index (χ3v) is 5.12. The van der Waals surface area contributed by atoms with Crippen LogP contribution in [0.3, 0.4) is 0 Å². The number of halogens is 1. The van der Waals surface area contributed by atoms with Crippen LogP contribution in [0.25, 0.3) is 0 Å². The number of anilines is 1. The number of sulfonamides is 1. The normalized spacial score (nSPS) is 12.4. The number of primary amides is 1. The lowest BCUT2D eigenvalue weighted by molar-refractivity contribution is -0.119. The number of carbonyl (C=O) groups is 2. The molecule has 2 aromatic rings. The Kier molecular flexibility index (Phi) is 5.73. The van der Waals surface area contributed by atoms with Crippen molar-refractivity contribution < 1.29 is 22.4 Å². The maximum Gasteiger partial charge on any atom is 0.255 e. The van der Waals surface area contributed by atoms with Crippen LogP contribution in [0.1, 0.15) is 22.8 Å². The van der Waals surface area contributed by atoms with Gasteiger partial charge in [0.2, 0.25) is 15.9 Å². The van der Waals surface area contributed by atoms with Gasteiger partial charge in [-0.15, -0.1) is 0 Å². The second-order valence-electron chi connectivity index (χ2n) is 5.69. The number of hydrogen-bond donors (Lipinski definition) is 3. The lowest BCUT2D eigenvalue weighted by Gasteiger charge is -2.12. The molecule has 2 rings (SSSR count). The average molecular weight is 379 g/mol. The Morgan fingerprint density at radius 1 is 1.15 bits per heavy atom. The predicted molar refractivity (Wildman–Crippen MR) is 94.5 cm³/mol. The van der Waals surface area contributed by atoms with Crippen LogP contribution in [0, 0.1) is 12.7 Å².